The average Bonchev–Trinajstić information content (AvgIpc) is 2.51. The fourth-order valence-electron chi connectivity index (χ4n) is 2.75. The third-order valence-electron chi connectivity index (χ3n) is 3.81. The lowest BCUT2D eigenvalue weighted by molar-refractivity contribution is -0.203. The monoisotopic (exact) mass is 292 g/mol. The summed E-state index contributed by atoms with van der Waals surface area (Å²) < 4.78 is 10.1. The first kappa shape index (κ1) is 12.8. The van der Waals surface area contributed by atoms with E-state index >= 15 is 0 Å². The van der Waals surface area contributed by atoms with Gasteiger partial charge >= 0.3 is 11.9 Å². The van der Waals surface area contributed by atoms with Gasteiger partial charge in [-0.15, -0.1) is 0 Å². The molecule has 4 nitrogen and oxygen atoms in total. The molecule has 0 radical (unpaired) electrons. The Labute approximate surface area is 126 Å². The van der Waals surface area contributed by atoms with Crippen molar-refractivity contribution in [1.29, 1.82) is 0 Å². The molecule has 0 aromatic heterocycles. The average molecular weight is 292 g/mol. The molecule has 1 aliphatic rings. The summed E-state index contributed by atoms with van der Waals surface area (Å²) in [7, 11) is 0. The van der Waals surface area contributed by atoms with Crippen LogP contribution in [-0.2, 0) is 14.3 Å². The van der Waals surface area contributed by atoms with Crippen LogP contribution >= 0.6 is 0 Å². The smallest absolute Gasteiger partial charge is 0.342 e. The van der Waals surface area contributed by atoms with Gasteiger partial charge in [-0.3, -0.25) is 4.79 Å². The van der Waals surface area contributed by atoms with Gasteiger partial charge in [0, 0.05) is 0 Å². The van der Waals surface area contributed by atoms with Crippen molar-refractivity contribution in [2.24, 2.45) is 0 Å². The molecule has 1 unspecified atom stereocenters. The Hall–Kier alpha value is -2.88. The zero-order valence-corrected chi connectivity index (χ0v) is 11.6. The summed E-state index contributed by atoms with van der Waals surface area (Å²) in [5.41, 5.74) is 0.511. The van der Waals surface area contributed by atoms with Crippen LogP contribution in [0.25, 0.3) is 21.5 Å². The molecule has 4 heteroatoms. The maximum Gasteiger partial charge on any atom is 0.342 e. The number of benzene rings is 3. The van der Waals surface area contributed by atoms with Crippen molar-refractivity contribution < 1.29 is 19.1 Å². The third kappa shape index (κ3) is 2.00. The van der Waals surface area contributed by atoms with Crippen molar-refractivity contribution in [3.63, 3.8) is 0 Å². The predicted molar refractivity (Wildman–Crippen MR) is 81.4 cm³/mol. The van der Waals surface area contributed by atoms with E-state index in [2.05, 4.69) is 0 Å². The Balaban J connectivity index is 1.88. The van der Waals surface area contributed by atoms with Crippen LogP contribution in [0.3, 0.4) is 0 Å². The second-order valence-corrected chi connectivity index (χ2v) is 5.22. The van der Waals surface area contributed by atoms with Gasteiger partial charge in [0.2, 0.25) is 0 Å². The van der Waals surface area contributed by atoms with Crippen molar-refractivity contribution in [2.45, 2.75) is 12.7 Å². The molecule has 108 valence electrons. The molecule has 0 saturated carbocycles. The van der Waals surface area contributed by atoms with Gasteiger partial charge in [0.15, 0.2) is 0 Å². The molecule has 0 N–H and O–H groups in total. The van der Waals surface area contributed by atoms with Gasteiger partial charge in [0.25, 0.3) is 6.29 Å². The summed E-state index contributed by atoms with van der Waals surface area (Å²) in [6, 6.07) is 17.4. The van der Waals surface area contributed by atoms with Crippen LogP contribution in [0.1, 0.15) is 16.8 Å². The fraction of sp³-hybridized carbons (Fsp3) is 0.111. The minimum atomic E-state index is -0.766. The maximum atomic E-state index is 12.6. The highest BCUT2D eigenvalue weighted by molar-refractivity contribution is 6.16. The van der Waals surface area contributed by atoms with E-state index in [9.17, 15) is 9.59 Å². The molecule has 1 atom stereocenters. The minimum absolute atomic E-state index is 0.119. The van der Waals surface area contributed by atoms with E-state index in [-0.39, 0.29) is 12.4 Å². The van der Waals surface area contributed by atoms with Crippen LogP contribution in [0, 0.1) is 0 Å². The number of carbonyl (C=O) groups excluding carboxylic acids is 2. The van der Waals surface area contributed by atoms with Gasteiger partial charge in [-0.05, 0) is 27.6 Å². The van der Waals surface area contributed by atoms with Gasteiger partial charge in [-0.1, -0.05) is 48.5 Å². The molecule has 0 aliphatic carbocycles. The Bertz CT molecular complexity index is 851. The number of carbonyl (C=O) groups is 2. The summed E-state index contributed by atoms with van der Waals surface area (Å²) >= 11 is 0. The van der Waals surface area contributed by atoms with Gasteiger partial charge in [-0.2, -0.15) is 0 Å². The molecule has 3 aromatic carbocycles. The number of fused-ring (bicyclic) bond motifs is 2. The SMILES string of the molecule is O=C1CC(OC(=O)c2c3ccccc3cc3ccccc23)O1. The molecule has 1 heterocycles. The van der Waals surface area contributed by atoms with Gasteiger partial charge in [0.05, 0.1) is 5.56 Å². The van der Waals surface area contributed by atoms with Crippen molar-refractivity contribution in [3.05, 3.63) is 60.2 Å². The summed E-state index contributed by atoms with van der Waals surface area (Å²) in [4.78, 5) is 23.4. The molecule has 1 fully saturated rings. The highest BCUT2D eigenvalue weighted by Gasteiger charge is 2.33. The van der Waals surface area contributed by atoms with Crippen LogP contribution in [0.15, 0.2) is 54.6 Å². The van der Waals surface area contributed by atoms with Crippen LogP contribution in [-0.4, -0.2) is 18.2 Å². The Morgan fingerprint density at radius 2 is 1.55 bits per heavy atom. The lowest BCUT2D eigenvalue weighted by Crippen LogP contribution is -2.36. The Morgan fingerprint density at radius 3 is 2.09 bits per heavy atom. The minimum Gasteiger partial charge on any atom is -0.424 e. The van der Waals surface area contributed by atoms with E-state index in [1.54, 1.807) is 0 Å². The zero-order chi connectivity index (χ0) is 15.1. The molecular weight excluding hydrogens is 280 g/mol. The number of esters is 2. The highest BCUT2D eigenvalue weighted by Crippen LogP contribution is 2.30. The van der Waals surface area contributed by atoms with Gasteiger partial charge < -0.3 is 9.47 Å². The van der Waals surface area contributed by atoms with Crippen molar-refractivity contribution in [2.75, 3.05) is 0 Å². The second kappa shape index (κ2) is 4.84. The maximum absolute atomic E-state index is 12.6. The number of cyclic esters (lactones) is 1. The zero-order valence-electron chi connectivity index (χ0n) is 11.6. The van der Waals surface area contributed by atoms with E-state index in [1.807, 2.05) is 54.6 Å². The van der Waals surface area contributed by atoms with Crippen LogP contribution in [0.2, 0.25) is 0 Å². The molecule has 22 heavy (non-hydrogen) atoms. The first-order valence-corrected chi connectivity index (χ1v) is 7.03. The standard InChI is InChI=1S/C18H12O4/c19-15-10-16(21-15)22-18(20)17-13-7-3-1-5-11(13)9-12-6-2-4-8-14(12)17/h1-9,16H,10H2. The van der Waals surface area contributed by atoms with Gasteiger partial charge in [0.1, 0.15) is 6.42 Å². The highest BCUT2D eigenvalue weighted by atomic mass is 16.7. The van der Waals surface area contributed by atoms with Crippen molar-refractivity contribution >= 4 is 33.5 Å². The predicted octanol–water partition coefficient (Wildman–Crippen LogP) is 3.42. The van der Waals surface area contributed by atoms with E-state index in [0.29, 0.717) is 5.56 Å². The number of hydrogen-bond donors (Lipinski definition) is 0. The van der Waals surface area contributed by atoms with Crippen LogP contribution in [0.5, 0.6) is 0 Å². The molecule has 3 aromatic rings. The Morgan fingerprint density at radius 1 is 1.00 bits per heavy atom. The number of ether oxygens (including phenoxy) is 2. The molecule has 1 aliphatic heterocycles. The van der Waals surface area contributed by atoms with E-state index in [4.69, 9.17) is 9.47 Å². The third-order valence-corrected chi connectivity index (χ3v) is 3.81. The first-order chi connectivity index (χ1) is 10.7. The lowest BCUT2D eigenvalue weighted by atomic mass is 9.97. The van der Waals surface area contributed by atoms with Crippen molar-refractivity contribution in [3.8, 4) is 0 Å². The molecule has 0 bridgehead atoms. The quantitative estimate of drug-likeness (QED) is 0.536. The summed E-state index contributed by atoms with van der Waals surface area (Å²) in [5.74, 6) is -0.814. The molecular formula is C18H12O4. The molecule has 0 amide bonds. The van der Waals surface area contributed by atoms with E-state index in [1.165, 1.54) is 0 Å². The molecule has 1 saturated heterocycles. The molecule has 4 rings (SSSR count). The molecule has 0 spiro atoms. The van der Waals surface area contributed by atoms with Crippen LogP contribution in [0.4, 0.5) is 0 Å². The van der Waals surface area contributed by atoms with Crippen LogP contribution < -0.4 is 0 Å². The summed E-state index contributed by atoms with van der Waals surface area (Å²) in [6.07, 6.45) is -0.647. The van der Waals surface area contributed by atoms with E-state index < -0.39 is 12.3 Å². The number of hydrogen-bond acceptors (Lipinski definition) is 4. The van der Waals surface area contributed by atoms with Crippen molar-refractivity contribution in [1.82, 2.24) is 0 Å². The number of rotatable bonds is 2. The second-order valence-electron chi connectivity index (χ2n) is 5.22. The Kier molecular flexibility index (Phi) is 2.82. The first-order valence-electron chi connectivity index (χ1n) is 7.03. The lowest BCUT2D eigenvalue weighted by Gasteiger charge is -2.25. The normalized spacial score (nSPS) is 17.1. The van der Waals surface area contributed by atoms with E-state index in [0.717, 1.165) is 21.5 Å². The summed E-state index contributed by atoms with van der Waals surface area (Å²) in [5, 5.41) is 3.60. The summed E-state index contributed by atoms with van der Waals surface area (Å²) in [6.45, 7) is 0. The van der Waals surface area contributed by atoms with Gasteiger partial charge in [-0.25, -0.2) is 4.79 Å². The topological polar surface area (TPSA) is 52.6 Å². The largest absolute Gasteiger partial charge is 0.424 e. The fourth-order valence-corrected chi connectivity index (χ4v) is 2.75.